The first kappa shape index (κ1) is 19.3. The van der Waals surface area contributed by atoms with E-state index in [0.717, 1.165) is 27.6 Å². The van der Waals surface area contributed by atoms with Crippen LogP contribution < -0.4 is 10.2 Å². The van der Waals surface area contributed by atoms with Crippen molar-refractivity contribution in [2.24, 2.45) is 5.10 Å². The Labute approximate surface area is 173 Å². The number of benzene rings is 3. The maximum Gasteiger partial charge on any atom is 0.263 e. The molecule has 0 bridgehead atoms. The predicted molar refractivity (Wildman–Crippen MR) is 114 cm³/mol. The molecule has 1 heterocycles. The Morgan fingerprint density at radius 2 is 1.83 bits per heavy atom. The average molecular weight is 400 g/mol. The number of rotatable bonds is 6. The standard InChI is InChI=1S/C22H20N6O2/c1-15(17-8-9-19-13-20(30-2)11-10-18(19)12-17)23-24-21(29)14-28-26-22(25-27-28)16-6-4-3-5-7-16/h3-13H,14H2,1-2H3,(H,24,29)/b23-15+. The second-order valence-corrected chi connectivity index (χ2v) is 6.67. The van der Waals surface area contributed by atoms with Crippen molar-refractivity contribution in [2.75, 3.05) is 7.11 Å². The van der Waals surface area contributed by atoms with Crippen LogP contribution in [0.15, 0.2) is 71.8 Å². The highest BCUT2D eigenvalue weighted by Gasteiger charge is 2.09. The molecule has 0 spiro atoms. The number of ether oxygens (including phenoxy) is 1. The molecule has 8 nitrogen and oxygen atoms in total. The molecule has 30 heavy (non-hydrogen) atoms. The molecule has 0 atom stereocenters. The summed E-state index contributed by atoms with van der Waals surface area (Å²) in [6.45, 7) is 1.76. The van der Waals surface area contributed by atoms with E-state index in [-0.39, 0.29) is 12.5 Å². The molecule has 1 N–H and O–H groups in total. The topological polar surface area (TPSA) is 94.3 Å². The molecule has 0 unspecified atom stereocenters. The van der Waals surface area contributed by atoms with Crippen molar-refractivity contribution < 1.29 is 9.53 Å². The Bertz CT molecular complexity index is 1220. The lowest BCUT2D eigenvalue weighted by atomic mass is 10.0. The molecule has 4 aromatic rings. The first-order chi connectivity index (χ1) is 14.6. The van der Waals surface area contributed by atoms with Crippen LogP contribution in [0.1, 0.15) is 12.5 Å². The Morgan fingerprint density at radius 3 is 2.63 bits per heavy atom. The number of carbonyl (C=O) groups excluding carboxylic acids is 1. The van der Waals surface area contributed by atoms with E-state index in [9.17, 15) is 4.79 Å². The lowest BCUT2D eigenvalue weighted by Crippen LogP contribution is -2.25. The summed E-state index contributed by atoms with van der Waals surface area (Å²) in [6.07, 6.45) is 0. The van der Waals surface area contributed by atoms with Gasteiger partial charge in [-0.3, -0.25) is 4.79 Å². The first-order valence-electron chi connectivity index (χ1n) is 9.37. The molecule has 0 aliphatic carbocycles. The fourth-order valence-corrected chi connectivity index (χ4v) is 2.96. The van der Waals surface area contributed by atoms with Gasteiger partial charge in [0.2, 0.25) is 5.82 Å². The second kappa shape index (κ2) is 8.52. The summed E-state index contributed by atoms with van der Waals surface area (Å²) in [7, 11) is 1.65. The number of aromatic nitrogens is 4. The minimum absolute atomic E-state index is 0.0753. The van der Waals surface area contributed by atoms with E-state index in [1.807, 2.05) is 73.7 Å². The van der Waals surface area contributed by atoms with Gasteiger partial charge in [0.25, 0.3) is 5.91 Å². The van der Waals surface area contributed by atoms with Crippen LogP contribution >= 0.6 is 0 Å². The molecule has 150 valence electrons. The Morgan fingerprint density at radius 1 is 1.07 bits per heavy atom. The smallest absolute Gasteiger partial charge is 0.263 e. The van der Waals surface area contributed by atoms with Gasteiger partial charge in [0.1, 0.15) is 12.3 Å². The van der Waals surface area contributed by atoms with Crippen molar-refractivity contribution >= 4 is 22.4 Å². The first-order valence-corrected chi connectivity index (χ1v) is 9.37. The van der Waals surface area contributed by atoms with Crippen LogP contribution in [-0.4, -0.2) is 38.9 Å². The number of hydrazone groups is 1. The van der Waals surface area contributed by atoms with E-state index < -0.39 is 0 Å². The summed E-state index contributed by atoms with van der Waals surface area (Å²) >= 11 is 0. The van der Waals surface area contributed by atoms with E-state index in [1.165, 1.54) is 4.80 Å². The number of nitrogens with zero attached hydrogens (tertiary/aromatic N) is 5. The third-order valence-electron chi connectivity index (χ3n) is 4.58. The van der Waals surface area contributed by atoms with Gasteiger partial charge in [-0.25, -0.2) is 5.43 Å². The molecule has 0 aliphatic rings. The van der Waals surface area contributed by atoms with Gasteiger partial charge in [0.05, 0.1) is 12.8 Å². The van der Waals surface area contributed by atoms with Gasteiger partial charge in [-0.2, -0.15) is 9.90 Å². The van der Waals surface area contributed by atoms with Crippen LogP contribution in [0.3, 0.4) is 0 Å². The number of fused-ring (bicyclic) bond motifs is 1. The van der Waals surface area contributed by atoms with E-state index in [0.29, 0.717) is 11.5 Å². The molecule has 0 fully saturated rings. The summed E-state index contributed by atoms with van der Waals surface area (Å²) in [5.74, 6) is 0.942. The number of methoxy groups -OCH3 is 1. The summed E-state index contributed by atoms with van der Waals surface area (Å²) in [5.41, 5.74) is 4.99. The number of hydrogen-bond acceptors (Lipinski definition) is 6. The minimum atomic E-state index is -0.336. The SMILES string of the molecule is COc1ccc2cc(/C(C)=N/NC(=O)Cn3nnc(-c4ccccc4)n3)ccc2c1. The molecule has 0 aliphatic heterocycles. The third kappa shape index (κ3) is 4.33. The zero-order chi connectivity index (χ0) is 20.9. The van der Waals surface area contributed by atoms with Crippen molar-refractivity contribution in [3.63, 3.8) is 0 Å². The van der Waals surface area contributed by atoms with Gasteiger partial charge in [0, 0.05) is 5.56 Å². The van der Waals surface area contributed by atoms with Crippen molar-refractivity contribution in [3.05, 3.63) is 72.3 Å². The average Bonchev–Trinajstić information content (AvgIpc) is 3.25. The van der Waals surface area contributed by atoms with Crippen molar-refractivity contribution in [1.82, 2.24) is 25.6 Å². The monoisotopic (exact) mass is 400 g/mol. The molecule has 0 saturated carbocycles. The fourth-order valence-electron chi connectivity index (χ4n) is 2.96. The molecule has 0 saturated heterocycles. The Kier molecular flexibility index (Phi) is 5.47. The van der Waals surface area contributed by atoms with Crippen LogP contribution in [0, 0.1) is 0 Å². The summed E-state index contributed by atoms with van der Waals surface area (Å²) in [4.78, 5) is 13.5. The van der Waals surface area contributed by atoms with Crippen molar-refractivity contribution in [2.45, 2.75) is 13.5 Å². The van der Waals surface area contributed by atoms with Crippen LogP contribution in [0.2, 0.25) is 0 Å². The molecular weight excluding hydrogens is 380 g/mol. The van der Waals surface area contributed by atoms with Gasteiger partial charge in [0.15, 0.2) is 0 Å². The minimum Gasteiger partial charge on any atom is -0.497 e. The van der Waals surface area contributed by atoms with Crippen LogP contribution in [-0.2, 0) is 11.3 Å². The number of amides is 1. The molecular formula is C22H20N6O2. The predicted octanol–water partition coefficient (Wildman–Crippen LogP) is 3.04. The number of tetrazole rings is 1. The zero-order valence-corrected chi connectivity index (χ0v) is 16.6. The molecule has 1 amide bonds. The van der Waals surface area contributed by atoms with E-state index >= 15 is 0 Å². The molecule has 1 aromatic heterocycles. The van der Waals surface area contributed by atoms with Gasteiger partial charge in [-0.1, -0.05) is 48.5 Å². The van der Waals surface area contributed by atoms with Crippen LogP contribution in [0.25, 0.3) is 22.2 Å². The van der Waals surface area contributed by atoms with E-state index in [2.05, 4.69) is 25.9 Å². The van der Waals surface area contributed by atoms with Crippen LogP contribution in [0.5, 0.6) is 5.75 Å². The Balaban J connectivity index is 1.41. The zero-order valence-electron chi connectivity index (χ0n) is 16.6. The van der Waals surface area contributed by atoms with Crippen molar-refractivity contribution in [3.8, 4) is 17.1 Å². The van der Waals surface area contributed by atoms with Gasteiger partial charge >= 0.3 is 0 Å². The van der Waals surface area contributed by atoms with Crippen molar-refractivity contribution in [1.29, 1.82) is 0 Å². The van der Waals surface area contributed by atoms with Crippen LogP contribution in [0.4, 0.5) is 0 Å². The highest BCUT2D eigenvalue weighted by molar-refractivity contribution is 6.02. The van der Waals surface area contributed by atoms with Gasteiger partial charge < -0.3 is 4.74 Å². The highest BCUT2D eigenvalue weighted by Crippen LogP contribution is 2.22. The lowest BCUT2D eigenvalue weighted by Gasteiger charge is -2.06. The molecule has 3 aromatic carbocycles. The number of carbonyl (C=O) groups is 1. The molecule has 4 rings (SSSR count). The lowest BCUT2D eigenvalue weighted by molar-refractivity contribution is -0.122. The largest absolute Gasteiger partial charge is 0.497 e. The maximum atomic E-state index is 12.2. The third-order valence-corrected chi connectivity index (χ3v) is 4.58. The summed E-state index contributed by atoms with van der Waals surface area (Å²) < 4.78 is 5.25. The van der Waals surface area contributed by atoms with E-state index in [4.69, 9.17) is 4.74 Å². The second-order valence-electron chi connectivity index (χ2n) is 6.67. The normalized spacial score (nSPS) is 11.5. The Hall–Kier alpha value is -4.07. The van der Waals surface area contributed by atoms with Gasteiger partial charge in [-0.05, 0) is 46.7 Å². The quantitative estimate of drug-likeness (QED) is 0.397. The number of nitrogens with one attached hydrogen (secondary N) is 1. The van der Waals surface area contributed by atoms with E-state index in [1.54, 1.807) is 7.11 Å². The summed E-state index contributed by atoms with van der Waals surface area (Å²) in [5, 5.41) is 18.5. The van der Waals surface area contributed by atoms with Gasteiger partial charge in [-0.15, -0.1) is 10.2 Å². The maximum absolute atomic E-state index is 12.2. The molecule has 0 radical (unpaired) electrons. The summed E-state index contributed by atoms with van der Waals surface area (Å²) in [6, 6.07) is 21.3. The highest BCUT2D eigenvalue weighted by atomic mass is 16.5. The fraction of sp³-hybridized carbons (Fsp3) is 0.136. The number of hydrogen-bond donors (Lipinski definition) is 1. The molecule has 8 heteroatoms.